The third kappa shape index (κ3) is 2.21. The van der Waals surface area contributed by atoms with E-state index in [1.165, 1.54) is 11.1 Å². The predicted octanol–water partition coefficient (Wildman–Crippen LogP) is 0.672. The monoisotopic (exact) mass is 319 g/mol. The zero-order chi connectivity index (χ0) is 16.1. The van der Waals surface area contributed by atoms with E-state index >= 15 is 0 Å². The zero-order valence-electron chi connectivity index (χ0n) is 12.5. The fraction of sp³-hybridized carbons (Fsp3) is 0.467. The van der Waals surface area contributed by atoms with E-state index in [-0.39, 0.29) is 5.91 Å². The molecule has 7 nitrogen and oxygen atoms in total. The molecule has 4 heterocycles. The second-order valence-corrected chi connectivity index (χ2v) is 6.10. The van der Waals surface area contributed by atoms with Crippen LogP contribution in [0.15, 0.2) is 17.8 Å². The summed E-state index contributed by atoms with van der Waals surface area (Å²) in [6.45, 7) is 1.17. The van der Waals surface area contributed by atoms with Crippen LogP contribution >= 0.6 is 0 Å². The first kappa shape index (κ1) is 14.3. The lowest BCUT2D eigenvalue weighted by Gasteiger charge is -2.19. The number of halogens is 1. The van der Waals surface area contributed by atoms with Gasteiger partial charge in [0.15, 0.2) is 12.5 Å². The van der Waals surface area contributed by atoms with Gasteiger partial charge in [0.2, 0.25) is 6.17 Å². The summed E-state index contributed by atoms with van der Waals surface area (Å²) in [6.07, 6.45) is 3.10. The van der Waals surface area contributed by atoms with Gasteiger partial charge >= 0.3 is 0 Å². The Morgan fingerprint density at radius 1 is 1.48 bits per heavy atom. The number of alkyl halides is 1. The van der Waals surface area contributed by atoms with E-state index in [1.54, 1.807) is 12.1 Å². The third-order valence-corrected chi connectivity index (χ3v) is 4.63. The van der Waals surface area contributed by atoms with Gasteiger partial charge in [0.05, 0.1) is 0 Å². The van der Waals surface area contributed by atoms with Gasteiger partial charge in [-0.25, -0.2) is 4.39 Å². The summed E-state index contributed by atoms with van der Waals surface area (Å²) in [6, 6.07) is 1.78. The summed E-state index contributed by atoms with van der Waals surface area (Å²) in [5, 5.41) is 11.5. The Hall–Kier alpha value is -2.35. The highest BCUT2D eigenvalue weighted by atomic mass is 19.1. The third-order valence-electron chi connectivity index (χ3n) is 4.63. The van der Waals surface area contributed by atoms with Crippen molar-refractivity contribution in [1.82, 2.24) is 9.88 Å². The number of rotatable bonds is 2. The number of aromatic nitrogens is 1. The van der Waals surface area contributed by atoms with Crippen LogP contribution in [0.2, 0.25) is 0 Å². The van der Waals surface area contributed by atoms with Crippen LogP contribution in [0.5, 0.6) is 0 Å². The van der Waals surface area contributed by atoms with Crippen molar-refractivity contribution in [3.63, 3.8) is 0 Å². The van der Waals surface area contributed by atoms with Crippen LogP contribution in [0.1, 0.15) is 28.9 Å². The Balaban J connectivity index is 1.60. The lowest BCUT2D eigenvalue weighted by atomic mass is 10.2. The number of carbonyl (C=O) groups is 1. The molecule has 0 aromatic carbocycles. The minimum absolute atomic E-state index is 0.309. The molecule has 0 spiro atoms. The number of nitrogens with two attached hydrogens (primary N) is 1. The second kappa shape index (κ2) is 5.09. The van der Waals surface area contributed by atoms with Crippen LogP contribution in [0.4, 0.5) is 10.2 Å². The summed E-state index contributed by atoms with van der Waals surface area (Å²) >= 11 is 0. The number of H-pyrrole nitrogens is 1. The van der Waals surface area contributed by atoms with E-state index in [0.717, 1.165) is 23.5 Å². The van der Waals surface area contributed by atoms with E-state index in [4.69, 9.17) is 5.73 Å². The van der Waals surface area contributed by atoms with Gasteiger partial charge in [-0.2, -0.15) is 4.74 Å². The molecule has 3 aliphatic rings. The number of anilines is 1. The number of allylic oxidation sites excluding steroid dienone is 1. The number of hydroxylamine groups is 1. The molecule has 1 saturated heterocycles. The van der Waals surface area contributed by atoms with Crippen molar-refractivity contribution in [3.05, 3.63) is 34.3 Å². The molecule has 1 fully saturated rings. The van der Waals surface area contributed by atoms with Crippen LogP contribution in [0.25, 0.3) is 0 Å². The van der Waals surface area contributed by atoms with Crippen molar-refractivity contribution in [3.8, 4) is 0 Å². The molecule has 1 unspecified atom stereocenters. The van der Waals surface area contributed by atoms with Crippen molar-refractivity contribution in [2.45, 2.75) is 31.7 Å². The van der Waals surface area contributed by atoms with E-state index in [0.29, 0.717) is 36.4 Å². The molecule has 23 heavy (non-hydrogen) atoms. The maximum Gasteiger partial charge on any atom is 0.272 e. The fourth-order valence-corrected chi connectivity index (χ4v) is 3.41. The molecular weight excluding hydrogens is 301 g/mol. The first-order chi connectivity index (χ1) is 11.0. The first-order valence-electron chi connectivity index (χ1n) is 7.77. The van der Waals surface area contributed by atoms with Crippen molar-refractivity contribution in [2.75, 3.05) is 18.0 Å². The van der Waals surface area contributed by atoms with E-state index in [1.807, 2.05) is 4.90 Å². The zero-order valence-corrected chi connectivity index (χ0v) is 12.5. The SMILES string of the molecule is NC1C=C(N2CCc3cc(C(=O)N4CCC[C@H]4F)[nH]c32)C=[N+]1[O-]. The molecular formula is C15H18FN5O2. The Labute approximate surface area is 132 Å². The van der Waals surface area contributed by atoms with Crippen LogP contribution < -0.4 is 10.6 Å². The molecule has 3 N–H and O–H groups in total. The molecule has 8 heteroatoms. The van der Waals surface area contributed by atoms with Gasteiger partial charge in [0.1, 0.15) is 17.2 Å². The average Bonchev–Trinajstić information content (AvgIpc) is 3.23. The number of carbonyl (C=O) groups excluding carboxylic acids is 1. The number of nitrogens with one attached hydrogen (secondary N) is 1. The average molecular weight is 319 g/mol. The number of likely N-dealkylation sites (tertiary alicyclic amines) is 1. The molecule has 2 atom stereocenters. The first-order valence-corrected chi connectivity index (χ1v) is 7.77. The van der Waals surface area contributed by atoms with Crippen LogP contribution in [-0.4, -0.2) is 52.3 Å². The molecule has 3 aliphatic heterocycles. The summed E-state index contributed by atoms with van der Waals surface area (Å²) in [5.41, 5.74) is 7.78. The number of nitrogens with zero attached hydrogens (tertiary/aromatic N) is 3. The largest absolute Gasteiger partial charge is 0.622 e. The van der Waals surface area contributed by atoms with Crippen LogP contribution in [-0.2, 0) is 6.42 Å². The van der Waals surface area contributed by atoms with Gasteiger partial charge in [-0.05, 0) is 30.9 Å². The Kier molecular flexibility index (Phi) is 3.15. The molecule has 0 bridgehead atoms. The Morgan fingerprint density at radius 3 is 2.96 bits per heavy atom. The molecule has 122 valence electrons. The normalized spacial score (nSPS) is 26.5. The molecule has 0 radical (unpaired) electrons. The van der Waals surface area contributed by atoms with E-state index in [2.05, 4.69) is 4.98 Å². The van der Waals surface area contributed by atoms with Crippen molar-refractivity contribution in [1.29, 1.82) is 0 Å². The fourth-order valence-electron chi connectivity index (χ4n) is 3.41. The lowest BCUT2D eigenvalue weighted by molar-refractivity contribution is -0.477. The molecule has 1 amide bonds. The van der Waals surface area contributed by atoms with Crippen molar-refractivity contribution < 1.29 is 13.9 Å². The molecule has 0 saturated carbocycles. The highest BCUT2D eigenvalue weighted by Gasteiger charge is 2.33. The van der Waals surface area contributed by atoms with Crippen molar-refractivity contribution >= 4 is 17.9 Å². The highest BCUT2D eigenvalue weighted by Crippen LogP contribution is 2.32. The summed E-state index contributed by atoms with van der Waals surface area (Å²) in [4.78, 5) is 18.7. The van der Waals surface area contributed by atoms with Crippen LogP contribution in [0.3, 0.4) is 0 Å². The number of hydrogen-bond acceptors (Lipinski definition) is 4. The van der Waals surface area contributed by atoms with E-state index in [9.17, 15) is 14.4 Å². The quantitative estimate of drug-likeness (QED) is 0.476. The molecule has 1 aromatic heterocycles. The maximum atomic E-state index is 13.7. The Bertz CT molecular complexity index is 725. The summed E-state index contributed by atoms with van der Waals surface area (Å²) in [7, 11) is 0. The van der Waals surface area contributed by atoms with Crippen molar-refractivity contribution in [2.24, 2.45) is 5.73 Å². The number of fused-ring (bicyclic) bond motifs is 1. The van der Waals surface area contributed by atoms with Gasteiger partial charge in [-0.1, -0.05) is 0 Å². The summed E-state index contributed by atoms with van der Waals surface area (Å²) < 4.78 is 14.4. The smallest absolute Gasteiger partial charge is 0.272 e. The van der Waals surface area contributed by atoms with Crippen LogP contribution in [0, 0.1) is 5.21 Å². The van der Waals surface area contributed by atoms with E-state index < -0.39 is 12.5 Å². The highest BCUT2D eigenvalue weighted by molar-refractivity contribution is 5.95. The molecule has 4 rings (SSSR count). The second-order valence-electron chi connectivity index (χ2n) is 6.10. The lowest BCUT2D eigenvalue weighted by Crippen LogP contribution is -2.33. The van der Waals surface area contributed by atoms with Gasteiger partial charge < -0.3 is 20.0 Å². The van der Waals surface area contributed by atoms with Gasteiger partial charge in [0.25, 0.3) is 5.91 Å². The molecule has 1 aromatic rings. The Morgan fingerprint density at radius 2 is 2.30 bits per heavy atom. The number of amides is 1. The molecule has 0 aliphatic carbocycles. The topological polar surface area (TPSA) is 91.4 Å². The minimum Gasteiger partial charge on any atom is -0.622 e. The standard InChI is InChI=1S/C15H18FN5O2/c16-12-2-1-4-20(12)15(22)11-6-9-3-5-19(14(9)18-11)10-7-13(17)21(23)8-10/h6-8,12-13,18H,1-5,17H2/t12-,13?/m0/s1. The summed E-state index contributed by atoms with van der Waals surface area (Å²) in [5.74, 6) is 0.476. The van der Waals surface area contributed by atoms with Gasteiger partial charge in [-0.15, -0.1) is 0 Å². The maximum absolute atomic E-state index is 13.7. The van der Waals surface area contributed by atoms with Gasteiger partial charge in [-0.3, -0.25) is 10.5 Å². The van der Waals surface area contributed by atoms with Gasteiger partial charge in [0, 0.05) is 19.2 Å². The number of aromatic amines is 1. The predicted molar refractivity (Wildman–Crippen MR) is 82.8 cm³/mol. The minimum atomic E-state index is -1.20. The number of hydrogen-bond donors (Lipinski definition) is 2.